The molecule has 3 N–H and O–H groups in total. The van der Waals surface area contributed by atoms with Gasteiger partial charge < -0.3 is 25.4 Å². The van der Waals surface area contributed by atoms with Crippen LogP contribution in [0.4, 0.5) is 10.1 Å². The molecule has 1 aliphatic rings. The summed E-state index contributed by atoms with van der Waals surface area (Å²) in [5, 5.41) is 17.0. The van der Waals surface area contributed by atoms with E-state index in [2.05, 4.69) is 20.5 Å². The van der Waals surface area contributed by atoms with Crippen LogP contribution in [0.1, 0.15) is 38.4 Å². The van der Waals surface area contributed by atoms with Gasteiger partial charge in [0.15, 0.2) is 5.96 Å². The summed E-state index contributed by atoms with van der Waals surface area (Å²) in [5.41, 5.74) is 2.01. The van der Waals surface area contributed by atoms with Crippen LogP contribution in [0.15, 0.2) is 59.6 Å². The molecule has 0 amide bonds. The van der Waals surface area contributed by atoms with Gasteiger partial charge in [-0.3, -0.25) is 4.99 Å². The smallest absolute Gasteiger partial charge is 0.191 e. The number of aliphatic imine (C=N–C) groups is 1. The molecule has 6 nitrogen and oxygen atoms in total. The molecule has 0 aromatic heterocycles. The van der Waals surface area contributed by atoms with Crippen molar-refractivity contribution in [3.8, 4) is 0 Å². The quantitative estimate of drug-likeness (QED) is 0.241. The fourth-order valence-electron chi connectivity index (χ4n) is 3.79. The van der Waals surface area contributed by atoms with Gasteiger partial charge in [-0.05, 0) is 50.5 Å². The number of piperidine rings is 1. The summed E-state index contributed by atoms with van der Waals surface area (Å²) in [7, 11) is 0. The van der Waals surface area contributed by atoms with Gasteiger partial charge in [-0.1, -0.05) is 36.4 Å². The molecule has 0 saturated carbocycles. The van der Waals surface area contributed by atoms with Crippen LogP contribution in [-0.4, -0.2) is 56.0 Å². The average molecular weight is 570 g/mol. The molecule has 0 spiro atoms. The second-order valence-corrected chi connectivity index (χ2v) is 8.15. The molecular weight excluding hydrogens is 534 g/mol. The van der Waals surface area contributed by atoms with Crippen LogP contribution in [-0.2, 0) is 4.74 Å². The normalized spacial score (nSPS) is 16.6. The molecule has 1 heterocycles. The summed E-state index contributed by atoms with van der Waals surface area (Å²) < 4.78 is 19.3. The van der Waals surface area contributed by atoms with Gasteiger partial charge in [0.05, 0.1) is 25.4 Å². The molecular formula is C25H36FIN4O2. The molecule has 2 aromatic rings. The minimum absolute atomic E-state index is 0. The number of aliphatic hydroxyl groups is 1. The zero-order valence-electron chi connectivity index (χ0n) is 19.4. The summed E-state index contributed by atoms with van der Waals surface area (Å²) in [6, 6.07) is 17.0. The number of ether oxygens (including phenoxy) is 1. The maximum atomic E-state index is 13.5. The van der Waals surface area contributed by atoms with Crippen molar-refractivity contribution in [3.63, 3.8) is 0 Å². The van der Waals surface area contributed by atoms with Crippen molar-refractivity contribution in [1.82, 2.24) is 10.6 Å². The summed E-state index contributed by atoms with van der Waals surface area (Å²) in [6.07, 6.45) is 1.11. The molecule has 1 aliphatic heterocycles. The summed E-state index contributed by atoms with van der Waals surface area (Å²) in [6.45, 7) is 6.94. The average Bonchev–Trinajstić information content (AvgIpc) is 2.82. The highest BCUT2D eigenvalue weighted by Crippen LogP contribution is 2.21. The first kappa shape index (κ1) is 27.3. The number of hydrogen-bond donors (Lipinski definition) is 3. The van der Waals surface area contributed by atoms with Crippen LogP contribution in [0.5, 0.6) is 0 Å². The number of nitrogens with one attached hydrogen (secondary N) is 2. The Balaban J connectivity index is 0.00000385. The van der Waals surface area contributed by atoms with E-state index in [1.165, 1.54) is 6.07 Å². The van der Waals surface area contributed by atoms with Gasteiger partial charge >= 0.3 is 0 Å². The number of hydrogen-bond acceptors (Lipinski definition) is 4. The van der Waals surface area contributed by atoms with E-state index in [-0.39, 0.29) is 55.1 Å². The molecule has 0 bridgehead atoms. The maximum Gasteiger partial charge on any atom is 0.191 e. The predicted molar refractivity (Wildman–Crippen MR) is 143 cm³/mol. The Morgan fingerprint density at radius 2 is 1.91 bits per heavy atom. The van der Waals surface area contributed by atoms with Gasteiger partial charge in [0.1, 0.15) is 5.82 Å². The van der Waals surface area contributed by atoms with Crippen molar-refractivity contribution < 1.29 is 14.2 Å². The van der Waals surface area contributed by atoms with Crippen LogP contribution < -0.4 is 15.5 Å². The Morgan fingerprint density at radius 1 is 1.18 bits per heavy atom. The summed E-state index contributed by atoms with van der Waals surface area (Å²) in [4.78, 5) is 6.76. The third-order valence-electron chi connectivity index (χ3n) is 5.62. The highest BCUT2D eigenvalue weighted by Gasteiger charge is 2.20. The molecule has 0 radical (unpaired) electrons. The Bertz CT molecular complexity index is 847. The Morgan fingerprint density at radius 3 is 2.58 bits per heavy atom. The fourth-order valence-corrected chi connectivity index (χ4v) is 3.79. The molecule has 3 rings (SSSR count). The van der Waals surface area contributed by atoms with Crippen molar-refractivity contribution in [2.24, 2.45) is 4.99 Å². The van der Waals surface area contributed by atoms with Crippen molar-refractivity contribution in [2.45, 2.75) is 44.9 Å². The van der Waals surface area contributed by atoms with E-state index >= 15 is 0 Å². The van der Waals surface area contributed by atoms with Gasteiger partial charge in [-0.2, -0.15) is 0 Å². The Hall–Kier alpha value is -1.91. The topological polar surface area (TPSA) is 69.1 Å². The van der Waals surface area contributed by atoms with Crippen LogP contribution in [0.25, 0.3) is 0 Å². The lowest BCUT2D eigenvalue weighted by Gasteiger charge is -2.34. The number of benzene rings is 2. The SMILES string of the molecule is CCNC(=NCC(O)COC(C)c1ccccc1)NC1CCN(c2cccc(F)c2)CC1.I. The number of aliphatic hydroxyl groups excluding tert-OH is 1. The minimum atomic E-state index is -0.675. The third kappa shape index (κ3) is 9.10. The third-order valence-corrected chi connectivity index (χ3v) is 5.62. The highest BCUT2D eigenvalue weighted by molar-refractivity contribution is 14.0. The fraction of sp³-hybridized carbons (Fsp3) is 0.480. The Kier molecular flexibility index (Phi) is 11.9. The molecule has 182 valence electrons. The predicted octanol–water partition coefficient (Wildman–Crippen LogP) is 4.11. The molecule has 2 unspecified atom stereocenters. The van der Waals surface area contributed by atoms with E-state index in [0.29, 0.717) is 5.96 Å². The van der Waals surface area contributed by atoms with E-state index in [0.717, 1.165) is 43.7 Å². The molecule has 2 aromatic carbocycles. The first-order valence-corrected chi connectivity index (χ1v) is 11.4. The number of halogens is 2. The maximum absolute atomic E-state index is 13.5. The number of anilines is 1. The minimum Gasteiger partial charge on any atom is -0.389 e. The number of rotatable bonds is 9. The Labute approximate surface area is 213 Å². The lowest BCUT2D eigenvalue weighted by Crippen LogP contribution is -2.49. The van der Waals surface area contributed by atoms with Crippen molar-refractivity contribution >= 4 is 35.6 Å². The zero-order chi connectivity index (χ0) is 22.8. The van der Waals surface area contributed by atoms with E-state index in [1.807, 2.05) is 50.2 Å². The molecule has 33 heavy (non-hydrogen) atoms. The van der Waals surface area contributed by atoms with Gasteiger partial charge in [0.25, 0.3) is 0 Å². The van der Waals surface area contributed by atoms with E-state index in [4.69, 9.17) is 4.74 Å². The molecule has 8 heteroatoms. The molecule has 0 aliphatic carbocycles. The summed E-state index contributed by atoms with van der Waals surface area (Å²) >= 11 is 0. The number of nitrogens with zero attached hydrogens (tertiary/aromatic N) is 2. The van der Waals surface area contributed by atoms with E-state index in [1.54, 1.807) is 12.1 Å². The first-order chi connectivity index (χ1) is 15.5. The van der Waals surface area contributed by atoms with Crippen molar-refractivity contribution in [2.75, 3.05) is 37.7 Å². The van der Waals surface area contributed by atoms with Crippen LogP contribution in [0.3, 0.4) is 0 Å². The second-order valence-electron chi connectivity index (χ2n) is 8.15. The summed E-state index contributed by atoms with van der Waals surface area (Å²) in [5.74, 6) is 0.497. The zero-order valence-corrected chi connectivity index (χ0v) is 21.7. The standard InChI is InChI=1S/C25H35FN4O2.HI/c1-3-27-25(28-17-24(31)18-32-19(2)20-8-5-4-6-9-20)29-22-12-14-30(15-13-22)23-11-7-10-21(26)16-23;/h4-11,16,19,22,24,31H,3,12-15,17-18H2,1-2H3,(H2,27,28,29);1H. The van der Waals surface area contributed by atoms with Gasteiger partial charge in [0.2, 0.25) is 0 Å². The lowest BCUT2D eigenvalue weighted by atomic mass is 10.0. The van der Waals surface area contributed by atoms with Gasteiger partial charge in [0, 0.05) is 31.4 Å². The van der Waals surface area contributed by atoms with Crippen LogP contribution >= 0.6 is 24.0 Å². The highest BCUT2D eigenvalue weighted by atomic mass is 127. The molecule has 2 atom stereocenters. The molecule has 1 saturated heterocycles. The number of guanidine groups is 1. The van der Waals surface area contributed by atoms with Crippen LogP contribution in [0, 0.1) is 5.82 Å². The van der Waals surface area contributed by atoms with Gasteiger partial charge in [-0.25, -0.2) is 4.39 Å². The second kappa shape index (κ2) is 14.4. The first-order valence-electron chi connectivity index (χ1n) is 11.4. The largest absolute Gasteiger partial charge is 0.389 e. The lowest BCUT2D eigenvalue weighted by molar-refractivity contribution is 0.00111. The van der Waals surface area contributed by atoms with Crippen molar-refractivity contribution in [3.05, 3.63) is 66.0 Å². The molecule has 1 fully saturated rings. The van der Waals surface area contributed by atoms with Crippen LogP contribution in [0.2, 0.25) is 0 Å². The monoisotopic (exact) mass is 570 g/mol. The van der Waals surface area contributed by atoms with Gasteiger partial charge in [-0.15, -0.1) is 24.0 Å². The van der Waals surface area contributed by atoms with E-state index < -0.39 is 6.10 Å². The van der Waals surface area contributed by atoms with E-state index in [9.17, 15) is 9.50 Å². The van der Waals surface area contributed by atoms with Crippen molar-refractivity contribution in [1.29, 1.82) is 0 Å².